The quantitative estimate of drug-likeness (QED) is 0.185. The number of aromatic nitrogens is 3. The second kappa shape index (κ2) is 12.0. The van der Waals surface area contributed by atoms with E-state index in [9.17, 15) is 0 Å². The van der Waals surface area contributed by atoms with Crippen LogP contribution in [-0.2, 0) is 5.41 Å². The van der Waals surface area contributed by atoms with Gasteiger partial charge in [0.05, 0.1) is 5.41 Å². The summed E-state index contributed by atoms with van der Waals surface area (Å²) in [4.78, 5) is 15.4. The lowest BCUT2D eigenvalue weighted by atomic mass is 9.67. The molecule has 0 atom stereocenters. The molecule has 0 amide bonds. The first kappa shape index (κ1) is 28.7. The molecule has 0 fully saturated rings. The molecule has 0 bridgehead atoms. The lowest BCUT2D eigenvalue weighted by molar-refractivity contribution is 0.769. The second-order valence-corrected chi connectivity index (χ2v) is 12.4. The minimum atomic E-state index is -0.514. The van der Waals surface area contributed by atoms with Crippen LogP contribution in [0, 0.1) is 0 Å². The van der Waals surface area contributed by atoms with Gasteiger partial charge >= 0.3 is 0 Å². The van der Waals surface area contributed by atoms with E-state index in [1.165, 1.54) is 33.4 Å². The van der Waals surface area contributed by atoms with Gasteiger partial charge < -0.3 is 0 Å². The van der Waals surface area contributed by atoms with Gasteiger partial charge in [-0.3, -0.25) is 0 Å². The van der Waals surface area contributed by atoms with E-state index in [-0.39, 0.29) is 0 Å². The molecule has 9 rings (SSSR count). The molecule has 0 radical (unpaired) electrons. The van der Waals surface area contributed by atoms with Crippen molar-refractivity contribution in [1.29, 1.82) is 0 Å². The Labute approximate surface area is 286 Å². The van der Waals surface area contributed by atoms with Crippen molar-refractivity contribution < 1.29 is 0 Å². The molecule has 0 saturated carbocycles. The van der Waals surface area contributed by atoms with E-state index in [4.69, 9.17) is 15.0 Å². The summed E-state index contributed by atoms with van der Waals surface area (Å²) in [5.74, 6) is 1.93. The molecule has 1 aliphatic carbocycles. The Hall–Kier alpha value is -6.45. The molecule has 3 nitrogen and oxygen atoms in total. The Morgan fingerprint density at radius 2 is 0.714 bits per heavy atom. The van der Waals surface area contributed by atoms with Gasteiger partial charge in [-0.15, -0.1) is 0 Å². The third kappa shape index (κ3) is 4.78. The minimum absolute atomic E-state index is 0.514. The highest BCUT2D eigenvalue weighted by Gasteiger charge is 2.46. The Kier molecular flexibility index (Phi) is 7.02. The highest BCUT2D eigenvalue weighted by Crippen LogP contribution is 2.57. The first-order valence-electron chi connectivity index (χ1n) is 16.6. The number of nitrogens with zero attached hydrogens (tertiary/aromatic N) is 3. The van der Waals surface area contributed by atoms with E-state index in [1.807, 2.05) is 36.4 Å². The zero-order valence-electron chi connectivity index (χ0n) is 26.7. The predicted octanol–water partition coefficient (Wildman–Crippen LogP) is 10.9. The average molecular weight is 626 g/mol. The van der Waals surface area contributed by atoms with Crippen molar-refractivity contribution in [3.05, 3.63) is 210 Å². The van der Waals surface area contributed by atoms with Crippen LogP contribution in [0.2, 0.25) is 0 Å². The van der Waals surface area contributed by atoms with Crippen molar-refractivity contribution in [1.82, 2.24) is 15.0 Å². The lowest BCUT2D eigenvalue weighted by Crippen LogP contribution is -2.28. The van der Waals surface area contributed by atoms with Crippen LogP contribution in [0.25, 0.3) is 56.4 Å². The summed E-state index contributed by atoms with van der Waals surface area (Å²) in [6.07, 6.45) is 0. The van der Waals surface area contributed by atoms with Gasteiger partial charge in [-0.05, 0) is 56.6 Å². The van der Waals surface area contributed by atoms with E-state index in [0.29, 0.717) is 17.5 Å². The molecule has 0 unspecified atom stereocenters. The zero-order valence-corrected chi connectivity index (χ0v) is 26.7. The van der Waals surface area contributed by atoms with Crippen LogP contribution in [0.3, 0.4) is 0 Å². The lowest BCUT2D eigenvalue weighted by Gasteiger charge is -2.34. The van der Waals surface area contributed by atoms with Crippen molar-refractivity contribution in [2.24, 2.45) is 0 Å². The molecule has 49 heavy (non-hydrogen) atoms. The summed E-state index contributed by atoms with van der Waals surface area (Å²) < 4.78 is 0. The normalized spacial score (nSPS) is 12.7. The fraction of sp³-hybridized carbons (Fsp3) is 0.0217. The summed E-state index contributed by atoms with van der Waals surface area (Å²) in [6, 6.07) is 66.4. The number of hydrogen-bond acceptors (Lipinski definition) is 3. The highest BCUT2D eigenvalue weighted by atomic mass is 15.0. The molecule has 8 aromatic rings. The van der Waals surface area contributed by atoms with Crippen LogP contribution in [0.4, 0.5) is 0 Å². The van der Waals surface area contributed by atoms with Gasteiger partial charge in [-0.1, -0.05) is 176 Å². The van der Waals surface area contributed by atoms with Crippen molar-refractivity contribution in [3.8, 4) is 56.4 Å². The molecule has 7 aromatic carbocycles. The van der Waals surface area contributed by atoms with E-state index < -0.39 is 5.41 Å². The molecule has 3 heteroatoms. The van der Waals surface area contributed by atoms with Gasteiger partial charge in [0.15, 0.2) is 17.5 Å². The van der Waals surface area contributed by atoms with Gasteiger partial charge in [0.25, 0.3) is 0 Å². The smallest absolute Gasteiger partial charge is 0.164 e. The number of rotatable bonds is 6. The van der Waals surface area contributed by atoms with Gasteiger partial charge in [0.2, 0.25) is 0 Å². The Morgan fingerprint density at radius 1 is 0.286 bits per heavy atom. The summed E-state index contributed by atoms with van der Waals surface area (Å²) in [6.45, 7) is 0. The second-order valence-electron chi connectivity index (χ2n) is 12.4. The maximum absolute atomic E-state index is 5.20. The van der Waals surface area contributed by atoms with E-state index >= 15 is 0 Å². The van der Waals surface area contributed by atoms with Gasteiger partial charge in [0.1, 0.15) is 0 Å². The van der Waals surface area contributed by atoms with Crippen LogP contribution in [0.5, 0.6) is 0 Å². The molecule has 1 aliphatic rings. The molecular formula is C46H31N3. The Bertz CT molecular complexity index is 2310. The topological polar surface area (TPSA) is 38.7 Å². The van der Waals surface area contributed by atoms with E-state index in [2.05, 4.69) is 152 Å². The minimum Gasteiger partial charge on any atom is -0.208 e. The third-order valence-corrected chi connectivity index (χ3v) is 9.62. The average Bonchev–Trinajstić information content (AvgIpc) is 3.49. The molecule has 1 heterocycles. The maximum atomic E-state index is 5.20. The van der Waals surface area contributed by atoms with Crippen LogP contribution < -0.4 is 0 Å². The SMILES string of the molecule is c1ccc(-c2nc(-c3ccccc3)nc(-c3cc4c(cc3-c3ccccc3)C(c3ccccc3)(c3ccccc3)c3ccccc3-4)n2)cc1. The van der Waals surface area contributed by atoms with Crippen molar-refractivity contribution in [2.45, 2.75) is 5.41 Å². The fourth-order valence-electron chi connectivity index (χ4n) is 7.46. The maximum Gasteiger partial charge on any atom is 0.164 e. The Morgan fingerprint density at radius 3 is 1.24 bits per heavy atom. The zero-order chi connectivity index (χ0) is 32.6. The molecular weight excluding hydrogens is 595 g/mol. The molecule has 0 aliphatic heterocycles. The van der Waals surface area contributed by atoms with E-state index in [0.717, 1.165) is 27.8 Å². The van der Waals surface area contributed by atoms with Crippen molar-refractivity contribution >= 4 is 0 Å². The number of benzene rings is 7. The fourth-order valence-corrected chi connectivity index (χ4v) is 7.46. The van der Waals surface area contributed by atoms with Gasteiger partial charge in [-0.2, -0.15) is 0 Å². The summed E-state index contributed by atoms with van der Waals surface area (Å²) in [5, 5.41) is 0. The Balaban J connectivity index is 1.39. The molecule has 0 spiro atoms. The summed E-state index contributed by atoms with van der Waals surface area (Å²) >= 11 is 0. The molecule has 1 aromatic heterocycles. The first-order chi connectivity index (χ1) is 24.3. The van der Waals surface area contributed by atoms with Gasteiger partial charge in [-0.25, -0.2) is 15.0 Å². The van der Waals surface area contributed by atoms with Gasteiger partial charge in [0, 0.05) is 16.7 Å². The monoisotopic (exact) mass is 625 g/mol. The number of hydrogen-bond donors (Lipinski definition) is 0. The standard InChI is InChI=1S/C46H31N3/c1-6-18-32(19-7-1)38-31-42-39(37-28-16-17-29-41(37)46(42,35-24-12-4-13-25-35)36-26-14-5-15-27-36)30-40(38)45-48-43(33-20-8-2-9-21-33)47-44(49-45)34-22-10-3-11-23-34/h1-31H. The summed E-state index contributed by atoms with van der Waals surface area (Å²) in [7, 11) is 0. The predicted molar refractivity (Wildman–Crippen MR) is 199 cm³/mol. The molecule has 0 saturated heterocycles. The van der Waals surface area contributed by atoms with Crippen LogP contribution in [0.15, 0.2) is 188 Å². The molecule has 0 N–H and O–H groups in total. The third-order valence-electron chi connectivity index (χ3n) is 9.62. The summed E-state index contributed by atoms with van der Waals surface area (Å²) in [5.41, 5.74) is 11.9. The largest absolute Gasteiger partial charge is 0.208 e. The van der Waals surface area contributed by atoms with Crippen LogP contribution >= 0.6 is 0 Å². The molecule has 230 valence electrons. The first-order valence-corrected chi connectivity index (χ1v) is 16.6. The van der Waals surface area contributed by atoms with Crippen molar-refractivity contribution in [3.63, 3.8) is 0 Å². The van der Waals surface area contributed by atoms with E-state index in [1.54, 1.807) is 0 Å². The van der Waals surface area contributed by atoms with Crippen LogP contribution in [0.1, 0.15) is 22.3 Å². The van der Waals surface area contributed by atoms with Crippen LogP contribution in [-0.4, -0.2) is 15.0 Å². The van der Waals surface area contributed by atoms with Crippen molar-refractivity contribution in [2.75, 3.05) is 0 Å². The number of fused-ring (bicyclic) bond motifs is 3. The highest BCUT2D eigenvalue weighted by molar-refractivity contribution is 5.94.